The topological polar surface area (TPSA) is 52.3 Å². The highest BCUT2D eigenvalue weighted by Crippen LogP contribution is 2.21. The molecule has 1 rings (SSSR count). The molecule has 0 aromatic heterocycles. The van der Waals surface area contributed by atoms with Gasteiger partial charge in [-0.3, -0.25) is 4.21 Å². The third-order valence-corrected chi connectivity index (χ3v) is 3.86. The summed E-state index contributed by atoms with van der Waals surface area (Å²) < 4.78 is 51.6. The lowest BCUT2D eigenvalue weighted by Gasteiger charge is -2.08. The third-order valence-electron chi connectivity index (χ3n) is 2.10. The quantitative estimate of drug-likeness (QED) is 0.648. The zero-order valence-corrected chi connectivity index (χ0v) is 11.4. The van der Waals surface area contributed by atoms with Crippen molar-refractivity contribution >= 4 is 28.1 Å². The van der Waals surface area contributed by atoms with Gasteiger partial charge in [-0.05, 0) is 24.6 Å². The van der Waals surface area contributed by atoms with Crippen LogP contribution in [0.15, 0.2) is 23.1 Å². The van der Waals surface area contributed by atoms with Crippen LogP contribution in [0.1, 0.15) is 6.42 Å². The molecule has 0 spiro atoms. The van der Waals surface area contributed by atoms with Gasteiger partial charge in [0.25, 0.3) is 0 Å². The molecule has 0 saturated carbocycles. The normalized spacial score (nSPS) is 13.5. The summed E-state index contributed by atoms with van der Waals surface area (Å²) in [6, 6.07) is 4.59. The molecule has 3 nitrogen and oxygen atoms in total. The Hall–Kier alpha value is -0.790. The first-order valence-electron chi connectivity index (χ1n) is 5.37. The van der Waals surface area contributed by atoms with E-state index in [1.54, 1.807) is 12.1 Å². The van der Waals surface area contributed by atoms with Gasteiger partial charge in [0, 0.05) is 23.1 Å². The third kappa shape index (κ3) is 6.26. The van der Waals surface area contributed by atoms with E-state index in [1.165, 1.54) is 6.07 Å². The summed E-state index contributed by atoms with van der Waals surface area (Å²) in [6.07, 6.45) is -4.08. The molecule has 0 amide bonds. The van der Waals surface area contributed by atoms with Crippen LogP contribution in [0.4, 0.5) is 18.9 Å². The van der Waals surface area contributed by atoms with Gasteiger partial charge in [0.15, 0.2) is 0 Å². The second-order valence-corrected chi connectivity index (χ2v) is 5.73. The predicted octanol–water partition coefficient (Wildman–Crippen LogP) is 3.00. The van der Waals surface area contributed by atoms with E-state index < -0.39 is 23.6 Å². The summed E-state index contributed by atoms with van der Waals surface area (Å²) in [6.45, 7) is -1.39. The molecular weight excluding hydrogens is 303 g/mol. The Labute approximate surface area is 116 Å². The fourth-order valence-corrected chi connectivity index (χ4v) is 2.64. The van der Waals surface area contributed by atoms with E-state index in [4.69, 9.17) is 17.3 Å². The summed E-state index contributed by atoms with van der Waals surface area (Å²) in [4.78, 5) is 0.431. The molecule has 2 N–H and O–H groups in total. The molecule has 0 heterocycles. The first-order chi connectivity index (χ1) is 8.79. The zero-order valence-electron chi connectivity index (χ0n) is 9.87. The maximum atomic E-state index is 11.8. The lowest BCUT2D eigenvalue weighted by atomic mass is 10.3. The second kappa shape index (κ2) is 7.12. The molecule has 1 aromatic rings. The van der Waals surface area contributed by atoms with Crippen molar-refractivity contribution in [3.05, 3.63) is 23.2 Å². The highest BCUT2D eigenvalue weighted by atomic mass is 35.5. The number of nitrogen functional groups attached to an aromatic ring is 1. The first kappa shape index (κ1) is 16.3. The van der Waals surface area contributed by atoms with Gasteiger partial charge in [-0.2, -0.15) is 13.2 Å². The van der Waals surface area contributed by atoms with Gasteiger partial charge >= 0.3 is 6.18 Å². The van der Waals surface area contributed by atoms with E-state index >= 15 is 0 Å². The van der Waals surface area contributed by atoms with Gasteiger partial charge in [-0.1, -0.05) is 11.6 Å². The Bertz CT molecular complexity index is 454. The summed E-state index contributed by atoms with van der Waals surface area (Å²) in [5.74, 6) is 0.184. The number of ether oxygens (including phenoxy) is 1. The molecule has 0 fully saturated rings. The van der Waals surface area contributed by atoms with Crippen LogP contribution in [0, 0.1) is 0 Å². The van der Waals surface area contributed by atoms with Crippen molar-refractivity contribution in [2.45, 2.75) is 17.5 Å². The number of rotatable bonds is 6. The van der Waals surface area contributed by atoms with Crippen LogP contribution in [0.2, 0.25) is 5.02 Å². The minimum Gasteiger partial charge on any atom is -0.398 e. The number of hydrogen-bond donors (Lipinski definition) is 1. The largest absolute Gasteiger partial charge is 0.411 e. The van der Waals surface area contributed by atoms with E-state index in [2.05, 4.69) is 4.74 Å². The SMILES string of the molecule is Nc1cc(Cl)ccc1S(=O)CCCOCC(F)(F)F. The van der Waals surface area contributed by atoms with Crippen LogP contribution in [0.25, 0.3) is 0 Å². The fraction of sp³-hybridized carbons (Fsp3) is 0.455. The molecule has 0 aliphatic heterocycles. The molecule has 0 saturated heterocycles. The minimum absolute atomic E-state index is 0.0985. The van der Waals surface area contributed by atoms with Crippen molar-refractivity contribution < 1.29 is 22.1 Å². The molecule has 1 unspecified atom stereocenters. The predicted molar refractivity (Wildman–Crippen MR) is 68.6 cm³/mol. The smallest absolute Gasteiger partial charge is 0.398 e. The van der Waals surface area contributed by atoms with Crippen molar-refractivity contribution in [3.63, 3.8) is 0 Å². The van der Waals surface area contributed by atoms with Gasteiger partial charge in [0.1, 0.15) is 6.61 Å². The van der Waals surface area contributed by atoms with Crippen LogP contribution < -0.4 is 5.73 Å². The number of anilines is 1. The van der Waals surface area contributed by atoms with E-state index in [0.717, 1.165) is 0 Å². The lowest BCUT2D eigenvalue weighted by Crippen LogP contribution is -2.18. The molecule has 1 aromatic carbocycles. The number of halogens is 4. The van der Waals surface area contributed by atoms with Crippen molar-refractivity contribution in [1.29, 1.82) is 0 Å². The van der Waals surface area contributed by atoms with Gasteiger partial charge in [0.2, 0.25) is 0 Å². The number of hydrogen-bond acceptors (Lipinski definition) is 3. The first-order valence-corrected chi connectivity index (χ1v) is 7.07. The van der Waals surface area contributed by atoms with Crippen LogP contribution in [0.5, 0.6) is 0 Å². The minimum atomic E-state index is -4.33. The van der Waals surface area contributed by atoms with Crippen LogP contribution in [0.3, 0.4) is 0 Å². The average Bonchev–Trinajstić information content (AvgIpc) is 2.26. The molecule has 0 aliphatic rings. The second-order valence-electron chi connectivity index (χ2n) is 3.75. The van der Waals surface area contributed by atoms with Crippen LogP contribution in [-0.4, -0.2) is 29.4 Å². The summed E-state index contributed by atoms with van der Waals surface area (Å²) in [7, 11) is -1.37. The van der Waals surface area contributed by atoms with Gasteiger partial charge in [-0.25, -0.2) is 0 Å². The standard InChI is InChI=1S/C11H13ClF3NO2S/c12-8-2-3-10(9(16)6-8)19(17)5-1-4-18-7-11(13,14)15/h2-3,6H,1,4-5,7,16H2. The summed E-state index contributed by atoms with van der Waals surface area (Å²) >= 11 is 5.70. The van der Waals surface area contributed by atoms with E-state index in [1.807, 2.05) is 0 Å². The van der Waals surface area contributed by atoms with Crippen molar-refractivity contribution in [2.24, 2.45) is 0 Å². The maximum absolute atomic E-state index is 11.8. The average molecular weight is 316 g/mol. The Morgan fingerprint density at radius 3 is 2.63 bits per heavy atom. The molecule has 8 heteroatoms. The van der Waals surface area contributed by atoms with Crippen LogP contribution >= 0.6 is 11.6 Å². The number of nitrogens with two attached hydrogens (primary N) is 1. The van der Waals surface area contributed by atoms with Crippen LogP contribution in [-0.2, 0) is 15.5 Å². The van der Waals surface area contributed by atoms with Crippen molar-refractivity contribution in [2.75, 3.05) is 24.7 Å². The van der Waals surface area contributed by atoms with E-state index in [9.17, 15) is 17.4 Å². The molecule has 108 valence electrons. The van der Waals surface area contributed by atoms with Crippen molar-refractivity contribution in [1.82, 2.24) is 0 Å². The monoisotopic (exact) mass is 315 g/mol. The molecule has 0 aliphatic carbocycles. The van der Waals surface area contributed by atoms with E-state index in [0.29, 0.717) is 15.6 Å². The Morgan fingerprint density at radius 2 is 2.05 bits per heavy atom. The number of benzene rings is 1. The fourth-order valence-electron chi connectivity index (χ4n) is 1.32. The highest BCUT2D eigenvalue weighted by molar-refractivity contribution is 7.85. The Morgan fingerprint density at radius 1 is 1.37 bits per heavy atom. The summed E-state index contributed by atoms with van der Waals surface area (Å²) in [5.41, 5.74) is 5.96. The molecular formula is C11H13ClF3NO2S. The lowest BCUT2D eigenvalue weighted by molar-refractivity contribution is -0.173. The van der Waals surface area contributed by atoms with Gasteiger partial charge in [-0.15, -0.1) is 0 Å². The highest BCUT2D eigenvalue weighted by Gasteiger charge is 2.27. The molecule has 0 bridgehead atoms. The Kier molecular flexibility index (Phi) is 6.09. The van der Waals surface area contributed by atoms with Gasteiger partial charge in [0.05, 0.1) is 15.7 Å². The number of alkyl halides is 3. The van der Waals surface area contributed by atoms with Crippen molar-refractivity contribution in [3.8, 4) is 0 Å². The van der Waals surface area contributed by atoms with E-state index in [-0.39, 0.29) is 18.8 Å². The zero-order chi connectivity index (χ0) is 14.5. The maximum Gasteiger partial charge on any atom is 0.411 e. The summed E-state index contributed by atoms with van der Waals surface area (Å²) in [5, 5.41) is 0.437. The molecule has 19 heavy (non-hydrogen) atoms. The molecule has 0 radical (unpaired) electrons. The Balaban J connectivity index is 2.36. The molecule has 1 atom stereocenters. The van der Waals surface area contributed by atoms with Gasteiger partial charge < -0.3 is 10.5 Å².